The number of anilines is 2. The van der Waals surface area contributed by atoms with Crippen molar-refractivity contribution in [2.24, 2.45) is 0 Å². The Labute approximate surface area is 144 Å². The van der Waals surface area contributed by atoms with Crippen molar-refractivity contribution >= 4 is 22.5 Å². The Hall–Kier alpha value is -3.54. The molecule has 0 radical (unpaired) electrons. The van der Waals surface area contributed by atoms with Crippen molar-refractivity contribution < 1.29 is 9.84 Å². The van der Waals surface area contributed by atoms with E-state index < -0.39 is 0 Å². The molecule has 0 fully saturated rings. The van der Waals surface area contributed by atoms with Gasteiger partial charge in [-0.15, -0.1) is 0 Å². The lowest BCUT2D eigenvalue weighted by Gasteiger charge is -2.06. The third-order valence-electron chi connectivity index (χ3n) is 3.92. The zero-order valence-corrected chi connectivity index (χ0v) is 13.5. The molecule has 124 valence electrons. The first kappa shape index (κ1) is 15.0. The number of benzene rings is 2. The van der Waals surface area contributed by atoms with E-state index in [-0.39, 0.29) is 5.75 Å². The Balaban J connectivity index is 1.75. The van der Waals surface area contributed by atoms with Gasteiger partial charge in [-0.2, -0.15) is 0 Å². The van der Waals surface area contributed by atoms with E-state index in [1.54, 1.807) is 25.3 Å². The van der Waals surface area contributed by atoms with Crippen molar-refractivity contribution in [2.45, 2.75) is 0 Å². The molecule has 4 rings (SSSR count). The zero-order chi connectivity index (χ0) is 17.2. The standard InChI is InChI=1S/C19H16N4O2/c1-25-15-7-2-4-12(8-15)17-10-16-18(20-11-21-19(16)23-17)22-13-5-3-6-14(24)9-13/h2-11,24H,1H3,(H2,20,21,22,23). The number of fused-ring (bicyclic) bond motifs is 1. The fraction of sp³-hybridized carbons (Fsp3) is 0.0526. The van der Waals surface area contributed by atoms with Gasteiger partial charge in [-0.1, -0.05) is 18.2 Å². The van der Waals surface area contributed by atoms with Crippen LogP contribution in [0.4, 0.5) is 11.5 Å². The number of nitrogens with one attached hydrogen (secondary N) is 2. The minimum Gasteiger partial charge on any atom is -0.508 e. The maximum atomic E-state index is 9.62. The second kappa shape index (κ2) is 6.16. The number of hydrogen-bond donors (Lipinski definition) is 3. The lowest BCUT2D eigenvalue weighted by atomic mass is 10.1. The van der Waals surface area contributed by atoms with Gasteiger partial charge in [0.2, 0.25) is 0 Å². The van der Waals surface area contributed by atoms with Crippen molar-refractivity contribution in [1.29, 1.82) is 0 Å². The van der Waals surface area contributed by atoms with Crippen LogP contribution in [0.2, 0.25) is 0 Å². The number of phenols is 1. The second-order valence-corrected chi connectivity index (χ2v) is 5.57. The summed E-state index contributed by atoms with van der Waals surface area (Å²) in [5, 5.41) is 13.7. The topological polar surface area (TPSA) is 83.1 Å². The number of rotatable bonds is 4. The van der Waals surface area contributed by atoms with Crippen LogP contribution in [0, 0.1) is 0 Å². The average Bonchev–Trinajstić information content (AvgIpc) is 3.07. The average molecular weight is 332 g/mol. The summed E-state index contributed by atoms with van der Waals surface area (Å²) < 4.78 is 5.29. The fourth-order valence-corrected chi connectivity index (χ4v) is 2.71. The highest BCUT2D eigenvalue weighted by atomic mass is 16.5. The van der Waals surface area contributed by atoms with Crippen LogP contribution in [0.1, 0.15) is 0 Å². The van der Waals surface area contributed by atoms with Crippen LogP contribution in [-0.4, -0.2) is 27.2 Å². The number of hydrogen-bond acceptors (Lipinski definition) is 5. The van der Waals surface area contributed by atoms with Gasteiger partial charge in [0, 0.05) is 23.0 Å². The number of methoxy groups -OCH3 is 1. The Bertz CT molecular complexity index is 1040. The van der Waals surface area contributed by atoms with Crippen molar-refractivity contribution in [3.8, 4) is 22.8 Å². The van der Waals surface area contributed by atoms with Crippen molar-refractivity contribution in [2.75, 3.05) is 12.4 Å². The summed E-state index contributed by atoms with van der Waals surface area (Å²) in [6.45, 7) is 0. The number of aromatic hydroxyl groups is 1. The molecule has 0 saturated carbocycles. The SMILES string of the molecule is COc1cccc(-c2cc3c(Nc4cccc(O)c4)ncnc3[nH]2)c1. The highest BCUT2D eigenvalue weighted by molar-refractivity contribution is 5.93. The smallest absolute Gasteiger partial charge is 0.143 e. The molecule has 6 heteroatoms. The second-order valence-electron chi connectivity index (χ2n) is 5.57. The first-order valence-electron chi connectivity index (χ1n) is 7.77. The van der Waals surface area contributed by atoms with E-state index in [1.165, 1.54) is 6.33 Å². The summed E-state index contributed by atoms with van der Waals surface area (Å²) in [4.78, 5) is 11.9. The lowest BCUT2D eigenvalue weighted by molar-refractivity contribution is 0.415. The van der Waals surface area contributed by atoms with Gasteiger partial charge in [-0.3, -0.25) is 0 Å². The molecule has 6 nitrogen and oxygen atoms in total. The third-order valence-corrected chi connectivity index (χ3v) is 3.92. The molecule has 3 N–H and O–H groups in total. The van der Waals surface area contributed by atoms with Crippen molar-refractivity contribution in [3.05, 3.63) is 60.9 Å². The van der Waals surface area contributed by atoms with E-state index in [1.807, 2.05) is 36.4 Å². The molecular weight excluding hydrogens is 316 g/mol. The largest absolute Gasteiger partial charge is 0.508 e. The highest BCUT2D eigenvalue weighted by Crippen LogP contribution is 2.30. The summed E-state index contributed by atoms with van der Waals surface area (Å²) >= 11 is 0. The summed E-state index contributed by atoms with van der Waals surface area (Å²) in [5.74, 6) is 1.66. The van der Waals surface area contributed by atoms with Gasteiger partial charge in [-0.05, 0) is 30.3 Å². The third kappa shape index (κ3) is 2.97. The summed E-state index contributed by atoms with van der Waals surface area (Å²) in [7, 11) is 1.65. The molecule has 0 bridgehead atoms. The van der Waals surface area contributed by atoms with Gasteiger partial charge < -0.3 is 20.1 Å². The number of aromatic amines is 1. The molecule has 4 aromatic rings. The van der Waals surface area contributed by atoms with Crippen molar-refractivity contribution in [3.63, 3.8) is 0 Å². The Morgan fingerprint density at radius 2 is 1.92 bits per heavy atom. The molecule has 0 saturated heterocycles. The molecular formula is C19H16N4O2. The van der Waals surface area contributed by atoms with Gasteiger partial charge in [0.25, 0.3) is 0 Å². The molecule has 2 aromatic carbocycles. The molecule has 0 aliphatic heterocycles. The van der Waals surface area contributed by atoms with Gasteiger partial charge in [0.1, 0.15) is 29.3 Å². The van der Waals surface area contributed by atoms with Gasteiger partial charge in [0.05, 0.1) is 12.5 Å². The van der Waals surface area contributed by atoms with Gasteiger partial charge in [-0.25, -0.2) is 9.97 Å². The van der Waals surface area contributed by atoms with E-state index in [4.69, 9.17) is 4.74 Å². The van der Waals surface area contributed by atoms with Crippen LogP contribution in [0.25, 0.3) is 22.3 Å². The minimum absolute atomic E-state index is 0.196. The maximum Gasteiger partial charge on any atom is 0.143 e. The minimum atomic E-state index is 0.196. The highest BCUT2D eigenvalue weighted by Gasteiger charge is 2.10. The Morgan fingerprint density at radius 1 is 1.04 bits per heavy atom. The maximum absolute atomic E-state index is 9.62. The van der Waals surface area contributed by atoms with Gasteiger partial charge in [0.15, 0.2) is 0 Å². The van der Waals surface area contributed by atoms with Crippen LogP contribution < -0.4 is 10.1 Å². The predicted molar refractivity (Wildman–Crippen MR) is 97.3 cm³/mol. The first-order valence-corrected chi connectivity index (χ1v) is 7.77. The predicted octanol–water partition coefficient (Wildman–Crippen LogP) is 4.08. The van der Waals surface area contributed by atoms with Crippen LogP contribution >= 0.6 is 0 Å². The molecule has 0 atom stereocenters. The summed E-state index contributed by atoms with van der Waals surface area (Å²) in [5.41, 5.74) is 3.41. The molecule has 0 aliphatic carbocycles. The van der Waals surface area contributed by atoms with E-state index in [0.717, 1.165) is 33.7 Å². The van der Waals surface area contributed by atoms with E-state index in [9.17, 15) is 5.11 Å². The fourth-order valence-electron chi connectivity index (χ4n) is 2.71. The molecule has 2 aromatic heterocycles. The molecule has 0 aliphatic rings. The number of nitrogens with zero attached hydrogens (tertiary/aromatic N) is 2. The van der Waals surface area contributed by atoms with Crippen LogP contribution in [0.15, 0.2) is 60.9 Å². The number of phenolic OH excluding ortho intramolecular Hbond substituents is 1. The van der Waals surface area contributed by atoms with Gasteiger partial charge >= 0.3 is 0 Å². The van der Waals surface area contributed by atoms with Crippen molar-refractivity contribution in [1.82, 2.24) is 15.0 Å². The molecule has 0 amide bonds. The molecule has 0 unspecified atom stereocenters. The first-order chi connectivity index (χ1) is 12.2. The normalized spacial score (nSPS) is 10.8. The van der Waals surface area contributed by atoms with E-state index in [0.29, 0.717) is 5.82 Å². The van der Waals surface area contributed by atoms with E-state index >= 15 is 0 Å². The molecule has 2 heterocycles. The summed E-state index contributed by atoms with van der Waals surface area (Å²) in [6.07, 6.45) is 1.50. The van der Waals surface area contributed by atoms with Crippen LogP contribution in [0.5, 0.6) is 11.5 Å². The monoisotopic (exact) mass is 332 g/mol. The Kier molecular flexibility index (Phi) is 3.70. The number of aromatic nitrogens is 3. The van der Waals surface area contributed by atoms with Crippen LogP contribution in [0.3, 0.4) is 0 Å². The lowest BCUT2D eigenvalue weighted by Crippen LogP contribution is -1.94. The molecule has 25 heavy (non-hydrogen) atoms. The van der Waals surface area contributed by atoms with Crippen LogP contribution in [-0.2, 0) is 0 Å². The quantitative estimate of drug-likeness (QED) is 0.524. The Morgan fingerprint density at radius 3 is 2.76 bits per heavy atom. The summed E-state index contributed by atoms with van der Waals surface area (Å²) in [6, 6.07) is 16.7. The van der Waals surface area contributed by atoms with E-state index in [2.05, 4.69) is 20.3 Å². The molecule has 0 spiro atoms. The number of ether oxygens (including phenoxy) is 1. The zero-order valence-electron chi connectivity index (χ0n) is 13.5. The number of H-pyrrole nitrogens is 1.